The standard InChI is InChI=1S/C13H21ClN4/c1-17(2)8-9-4-3-5-18(9)13-7-12(16)11(15)6-10(13)14/h6-7,9H,3-5,8,15-16H2,1-2H3/t9-/m1/s1. The van der Waals surface area contributed by atoms with Gasteiger partial charge in [-0.05, 0) is 39.1 Å². The molecular weight excluding hydrogens is 248 g/mol. The molecule has 1 aromatic carbocycles. The topological polar surface area (TPSA) is 58.5 Å². The second-order valence-corrected chi connectivity index (χ2v) is 5.59. The van der Waals surface area contributed by atoms with Gasteiger partial charge in [0.1, 0.15) is 0 Å². The van der Waals surface area contributed by atoms with Gasteiger partial charge in [0.2, 0.25) is 0 Å². The molecule has 0 radical (unpaired) electrons. The molecule has 100 valence electrons. The summed E-state index contributed by atoms with van der Waals surface area (Å²) in [5.41, 5.74) is 13.8. The summed E-state index contributed by atoms with van der Waals surface area (Å²) in [6.45, 7) is 2.06. The van der Waals surface area contributed by atoms with Crippen molar-refractivity contribution in [1.29, 1.82) is 0 Å². The molecule has 18 heavy (non-hydrogen) atoms. The van der Waals surface area contributed by atoms with Gasteiger partial charge in [0, 0.05) is 19.1 Å². The van der Waals surface area contributed by atoms with Crippen molar-refractivity contribution >= 4 is 28.7 Å². The van der Waals surface area contributed by atoms with Crippen LogP contribution in [0.25, 0.3) is 0 Å². The SMILES string of the molecule is CN(C)C[C@H]1CCCN1c1cc(N)c(N)cc1Cl. The average molecular weight is 269 g/mol. The summed E-state index contributed by atoms with van der Waals surface area (Å²) >= 11 is 6.29. The van der Waals surface area contributed by atoms with Gasteiger partial charge < -0.3 is 21.3 Å². The molecular formula is C13H21ClN4. The van der Waals surface area contributed by atoms with E-state index in [4.69, 9.17) is 23.1 Å². The van der Waals surface area contributed by atoms with Gasteiger partial charge >= 0.3 is 0 Å². The smallest absolute Gasteiger partial charge is 0.0661 e. The number of hydrogen-bond acceptors (Lipinski definition) is 4. The molecule has 1 heterocycles. The Balaban J connectivity index is 2.27. The van der Waals surface area contributed by atoms with Gasteiger partial charge in [0.05, 0.1) is 22.1 Å². The molecule has 1 saturated heterocycles. The van der Waals surface area contributed by atoms with Crippen molar-refractivity contribution in [3.63, 3.8) is 0 Å². The number of nitrogens with zero attached hydrogens (tertiary/aromatic N) is 2. The minimum Gasteiger partial charge on any atom is -0.397 e. The molecule has 0 aliphatic carbocycles. The molecule has 1 fully saturated rings. The molecule has 1 atom stereocenters. The summed E-state index contributed by atoms with van der Waals surface area (Å²) in [5.74, 6) is 0. The van der Waals surface area contributed by atoms with E-state index in [-0.39, 0.29) is 0 Å². The van der Waals surface area contributed by atoms with Crippen LogP contribution in [0.1, 0.15) is 12.8 Å². The lowest BCUT2D eigenvalue weighted by Gasteiger charge is -2.30. The Morgan fingerprint density at radius 1 is 1.33 bits per heavy atom. The molecule has 4 N–H and O–H groups in total. The number of halogens is 1. The Hall–Kier alpha value is -1.13. The van der Waals surface area contributed by atoms with E-state index < -0.39 is 0 Å². The van der Waals surface area contributed by atoms with Crippen LogP contribution < -0.4 is 16.4 Å². The van der Waals surface area contributed by atoms with Crippen molar-refractivity contribution in [3.05, 3.63) is 17.2 Å². The van der Waals surface area contributed by atoms with Crippen LogP contribution in [0.4, 0.5) is 17.1 Å². The highest BCUT2D eigenvalue weighted by Crippen LogP contribution is 2.36. The van der Waals surface area contributed by atoms with Gasteiger partial charge in [0.25, 0.3) is 0 Å². The van der Waals surface area contributed by atoms with E-state index in [1.165, 1.54) is 12.8 Å². The first-order valence-corrected chi connectivity index (χ1v) is 6.62. The first kappa shape index (κ1) is 13.3. The maximum absolute atomic E-state index is 6.29. The maximum Gasteiger partial charge on any atom is 0.0661 e. The molecule has 0 spiro atoms. The molecule has 1 aliphatic rings. The Labute approximate surface area is 113 Å². The zero-order valence-electron chi connectivity index (χ0n) is 11.0. The molecule has 5 heteroatoms. The van der Waals surface area contributed by atoms with Crippen molar-refractivity contribution in [2.45, 2.75) is 18.9 Å². The third-order valence-corrected chi connectivity index (χ3v) is 3.72. The van der Waals surface area contributed by atoms with Gasteiger partial charge in [-0.2, -0.15) is 0 Å². The number of nitrogen functional groups attached to an aromatic ring is 2. The van der Waals surface area contributed by atoms with E-state index >= 15 is 0 Å². The van der Waals surface area contributed by atoms with E-state index in [1.54, 1.807) is 6.07 Å². The highest BCUT2D eigenvalue weighted by atomic mass is 35.5. The number of hydrogen-bond donors (Lipinski definition) is 2. The molecule has 0 amide bonds. The summed E-state index contributed by atoms with van der Waals surface area (Å²) in [6, 6.07) is 4.14. The molecule has 0 aromatic heterocycles. The third-order valence-electron chi connectivity index (χ3n) is 3.41. The van der Waals surface area contributed by atoms with Crippen LogP contribution in [0.5, 0.6) is 0 Å². The van der Waals surface area contributed by atoms with Crippen molar-refractivity contribution < 1.29 is 0 Å². The summed E-state index contributed by atoms with van der Waals surface area (Å²) in [5, 5.41) is 0.687. The summed E-state index contributed by atoms with van der Waals surface area (Å²) in [4.78, 5) is 4.55. The quantitative estimate of drug-likeness (QED) is 0.824. The molecule has 4 nitrogen and oxygen atoms in total. The van der Waals surface area contributed by atoms with Crippen molar-refractivity contribution in [1.82, 2.24) is 4.90 Å². The summed E-state index contributed by atoms with van der Waals surface area (Å²) < 4.78 is 0. The fourth-order valence-electron chi connectivity index (χ4n) is 2.58. The zero-order valence-corrected chi connectivity index (χ0v) is 11.7. The van der Waals surface area contributed by atoms with Gasteiger partial charge in [-0.25, -0.2) is 0 Å². The first-order chi connectivity index (χ1) is 8.49. The number of likely N-dealkylation sites (N-methyl/N-ethyl adjacent to an activating group) is 1. The third kappa shape index (κ3) is 2.65. The maximum atomic E-state index is 6.29. The Morgan fingerprint density at radius 2 is 2.00 bits per heavy atom. The fraction of sp³-hybridized carbons (Fsp3) is 0.538. The molecule has 1 aromatic rings. The number of nitrogens with two attached hydrogens (primary N) is 2. The van der Waals surface area contributed by atoms with E-state index in [2.05, 4.69) is 23.9 Å². The first-order valence-electron chi connectivity index (χ1n) is 6.25. The van der Waals surface area contributed by atoms with Gasteiger partial charge in [0.15, 0.2) is 0 Å². The Morgan fingerprint density at radius 3 is 2.67 bits per heavy atom. The van der Waals surface area contributed by atoms with Crippen LogP contribution >= 0.6 is 11.6 Å². The van der Waals surface area contributed by atoms with Crippen LogP contribution in [-0.4, -0.2) is 38.1 Å². The number of rotatable bonds is 3. The van der Waals surface area contributed by atoms with E-state index in [0.29, 0.717) is 22.4 Å². The predicted molar refractivity (Wildman–Crippen MR) is 79.2 cm³/mol. The number of anilines is 3. The second kappa shape index (κ2) is 5.24. The lowest BCUT2D eigenvalue weighted by Crippen LogP contribution is -2.37. The molecule has 0 bridgehead atoms. The molecule has 0 unspecified atom stereocenters. The van der Waals surface area contributed by atoms with Crippen molar-refractivity contribution in [2.75, 3.05) is 43.6 Å². The van der Waals surface area contributed by atoms with Crippen LogP contribution in [0, 0.1) is 0 Å². The lowest BCUT2D eigenvalue weighted by atomic mass is 10.2. The highest BCUT2D eigenvalue weighted by molar-refractivity contribution is 6.33. The summed E-state index contributed by atoms with van der Waals surface area (Å²) in [6.07, 6.45) is 2.39. The van der Waals surface area contributed by atoms with Crippen molar-refractivity contribution in [3.8, 4) is 0 Å². The molecule has 1 aliphatic heterocycles. The van der Waals surface area contributed by atoms with E-state index in [1.807, 2.05) is 6.07 Å². The summed E-state index contributed by atoms with van der Waals surface area (Å²) in [7, 11) is 4.19. The lowest BCUT2D eigenvalue weighted by molar-refractivity contribution is 0.372. The van der Waals surface area contributed by atoms with E-state index in [9.17, 15) is 0 Å². The van der Waals surface area contributed by atoms with Crippen LogP contribution in [0.3, 0.4) is 0 Å². The Bertz CT molecular complexity index is 433. The minimum atomic E-state index is 0.500. The molecule has 0 saturated carbocycles. The largest absolute Gasteiger partial charge is 0.397 e. The minimum absolute atomic E-state index is 0.500. The predicted octanol–water partition coefficient (Wildman–Crippen LogP) is 2.03. The Kier molecular flexibility index (Phi) is 3.88. The average Bonchev–Trinajstić information content (AvgIpc) is 2.70. The zero-order chi connectivity index (χ0) is 13.3. The van der Waals surface area contributed by atoms with Crippen LogP contribution in [0.2, 0.25) is 5.02 Å². The van der Waals surface area contributed by atoms with Gasteiger partial charge in [-0.1, -0.05) is 11.6 Å². The number of benzene rings is 1. The van der Waals surface area contributed by atoms with Gasteiger partial charge in [-0.15, -0.1) is 0 Å². The van der Waals surface area contributed by atoms with E-state index in [0.717, 1.165) is 18.8 Å². The monoisotopic (exact) mass is 268 g/mol. The highest BCUT2D eigenvalue weighted by Gasteiger charge is 2.26. The molecule has 2 rings (SSSR count). The van der Waals surface area contributed by atoms with Gasteiger partial charge in [-0.3, -0.25) is 0 Å². The van der Waals surface area contributed by atoms with Crippen LogP contribution in [-0.2, 0) is 0 Å². The fourth-order valence-corrected chi connectivity index (χ4v) is 2.86. The normalized spacial score (nSPS) is 19.8. The van der Waals surface area contributed by atoms with Crippen molar-refractivity contribution in [2.24, 2.45) is 0 Å². The van der Waals surface area contributed by atoms with Crippen LogP contribution in [0.15, 0.2) is 12.1 Å². The second-order valence-electron chi connectivity index (χ2n) is 5.18.